The summed E-state index contributed by atoms with van der Waals surface area (Å²) in [6.45, 7) is 13.4. The molecule has 1 aliphatic heterocycles. The highest BCUT2D eigenvalue weighted by Gasteiger charge is 2.37. The molecule has 17 N–H and O–H groups in total. The molecular formula is C49H87N13O14. The van der Waals surface area contributed by atoms with Gasteiger partial charge in [0.15, 0.2) is 0 Å². The van der Waals surface area contributed by atoms with E-state index in [1.165, 1.54) is 11.8 Å². The molecule has 1 heterocycles. The van der Waals surface area contributed by atoms with Crippen molar-refractivity contribution in [2.24, 2.45) is 40.9 Å². The fourth-order valence-corrected chi connectivity index (χ4v) is 8.18. The first-order valence-corrected chi connectivity index (χ1v) is 26.0. The van der Waals surface area contributed by atoms with Gasteiger partial charge >= 0.3 is 0 Å². The van der Waals surface area contributed by atoms with E-state index in [1.54, 1.807) is 41.5 Å². The molecule has 27 heteroatoms. The van der Waals surface area contributed by atoms with Crippen LogP contribution in [0.4, 0.5) is 0 Å². The van der Waals surface area contributed by atoms with Gasteiger partial charge < -0.3 is 80.2 Å². The number of amides is 12. The molecule has 0 saturated carbocycles. The summed E-state index contributed by atoms with van der Waals surface area (Å²) in [5, 5.41) is 42.2. The Kier molecular flexibility index (Phi) is 30.4. The van der Waals surface area contributed by atoms with Crippen LogP contribution in [0.2, 0.25) is 0 Å². The number of aliphatic hydroxyl groups is 2. The van der Waals surface area contributed by atoms with Gasteiger partial charge in [-0.2, -0.15) is 0 Å². The molecule has 0 unspecified atom stereocenters. The number of unbranched alkanes of at least 4 members (excludes halogenated alkanes) is 1. The van der Waals surface area contributed by atoms with Crippen molar-refractivity contribution in [2.45, 2.75) is 181 Å². The summed E-state index contributed by atoms with van der Waals surface area (Å²) >= 11 is 0. The molecule has 12 amide bonds. The maximum Gasteiger partial charge on any atom is 0.245 e. The van der Waals surface area contributed by atoms with Crippen molar-refractivity contribution in [1.29, 1.82) is 0 Å². The molecule has 432 valence electrons. The Morgan fingerprint density at radius 2 is 0.974 bits per heavy atom. The highest BCUT2D eigenvalue weighted by atomic mass is 16.3. The van der Waals surface area contributed by atoms with E-state index < -0.39 is 158 Å². The summed E-state index contributed by atoms with van der Waals surface area (Å²) in [6, 6.07) is -11.7. The second-order valence-electron chi connectivity index (χ2n) is 20.8. The first-order chi connectivity index (χ1) is 35.6. The Hall–Kier alpha value is -6.48. The molecule has 0 aromatic heterocycles. The van der Waals surface area contributed by atoms with Crippen LogP contribution in [0.3, 0.4) is 0 Å². The van der Waals surface area contributed by atoms with Crippen LogP contribution in [0.1, 0.15) is 127 Å². The van der Waals surface area contributed by atoms with E-state index in [1.807, 2.05) is 13.8 Å². The quantitative estimate of drug-likeness (QED) is 0.0267. The van der Waals surface area contributed by atoms with Gasteiger partial charge in [-0.25, -0.2) is 0 Å². The maximum atomic E-state index is 14.1. The van der Waals surface area contributed by atoms with Crippen molar-refractivity contribution in [3.05, 3.63) is 0 Å². The average Bonchev–Trinajstić information content (AvgIpc) is 3.84. The Morgan fingerprint density at radius 3 is 1.41 bits per heavy atom. The van der Waals surface area contributed by atoms with Crippen LogP contribution in [0.5, 0.6) is 0 Å². The fraction of sp³-hybridized carbons (Fsp3) is 0.755. The Morgan fingerprint density at radius 1 is 0.539 bits per heavy atom. The largest absolute Gasteiger partial charge is 0.394 e. The van der Waals surface area contributed by atoms with Crippen LogP contribution in [0, 0.1) is 23.7 Å². The second-order valence-corrected chi connectivity index (χ2v) is 20.8. The molecule has 1 aliphatic rings. The van der Waals surface area contributed by atoms with Gasteiger partial charge in [0.1, 0.15) is 54.4 Å². The lowest BCUT2D eigenvalue weighted by Gasteiger charge is -2.29. The van der Waals surface area contributed by atoms with Crippen molar-refractivity contribution in [3.63, 3.8) is 0 Å². The normalized spacial score (nSPS) is 16.5. The van der Waals surface area contributed by atoms with E-state index in [0.29, 0.717) is 38.8 Å². The van der Waals surface area contributed by atoms with Crippen molar-refractivity contribution in [2.75, 3.05) is 32.8 Å². The maximum absolute atomic E-state index is 14.1. The number of nitrogens with zero attached hydrogens (tertiary/aromatic N) is 1. The van der Waals surface area contributed by atoms with Crippen molar-refractivity contribution in [3.8, 4) is 0 Å². The van der Waals surface area contributed by atoms with E-state index in [0.717, 1.165) is 0 Å². The second kappa shape index (κ2) is 34.2. The van der Waals surface area contributed by atoms with Gasteiger partial charge in [0.2, 0.25) is 70.9 Å². The third-order valence-corrected chi connectivity index (χ3v) is 12.2. The predicted molar refractivity (Wildman–Crippen MR) is 277 cm³/mol. The number of aliphatic hydroxyl groups excluding tert-OH is 2. The summed E-state index contributed by atoms with van der Waals surface area (Å²) < 4.78 is 0. The van der Waals surface area contributed by atoms with Gasteiger partial charge in [-0.05, 0) is 88.0 Å². The fourth-order valence-electron chi connectivity index (χ4n) is 8.18. The van der Waals surface area contributed by atoms with Crippen LogP contribution in [0.15, 0.2) is 0 Å². The molecule has 0 aromatic carbocycles. The number of rotatable bonds is 35. The number of primary amides is 2. The van der Waals surface area contributed by atoms with Gasteiger partial charge in [-0.15, -0.1) is 0 Å². The van der Waals surface area contributed by atoms with Crippen LogP contribution in [-0.2, 0) is 57.5 Å². The Balaban J connectivity index is 3.28. The molecule has 0 aliphatic carbocycles. The third-order valence-electron chi connectivity index (χ3n) is 12.2. The van der Waals surface area contributed by atoms with Crippen LogP contribution in [0.25, 0.3) is 0 Å². The Bertz CT molecular complexity index is 2000. The minimum atomic E-state index is -1.74. The van der Waals surface area contributed by atoms with Gasteiger partial charge in [0.05, 0.1) is 19.8 Å². The van der Waals surface area contributed by atoms with E-state index in [2.05, 4.69) is 47.9 Å². The minimum absolute atomic E-state index is 0.0216. The summed E-state index contributed by atoms with van der Waals surface area (Å²) in [5.41, 5.74) is 16.3. The highest BCUT2D eigenvalue weighted by Crippen LogP contribution is 2.19. The smallest absolute Gasteiger partial charge is 0.245 e. The monoisotopic (exact) mass is 1080 g/mol. The predicted octanol–water partition coefficient (Wildman–Crippen LogP) is -4.35. The molecule has 1 saturated heterocycles. The molecule has 76 heavy (non-hydrogen) atoms. The zero-order valence-electron chi connectivity index (χ0n) is 45.6. The lowest BCUT2D eigenvalue weighted by Crippen LogP contribution is -2.61. The summed E-state index contributed by atoms with van der Waals surface area (Å²) in [6.07, 6.45) is 1.61. The van der Waals surface area contributed by atoms with Gasteiger partial charge in [0.25, 0.3) is 0 Å². The van der Waals surface area contributed by atoms with E-state index in [4.69, 9.17) is 17.2 Å². The number of carbonyl (C=O) groups excluding carboxylic acids is 12. The molecule has 0 aromatic rings. The first kappa shape index (κ1) is 67.5. The third kappa shape index (κ3) is 24.5. The molecule has 0 bridgehead atoms. The van der Waals surface area contributed by atoms with Gasteiger partial charge in [0, 0.05) is 19.9 Å². The molecule has 1 rings (SSSR count). The lowest BCUT2D eigenvalue weighted by molar-refractivity contribution is -0.138. The van der Waals surface area contributed by atoms with E-state index >= 15 is 0 Å². The zero-order valence-corrected chi connectivity index (χ0v) is 45.6. The van der Waals surface area contributed by atoms with Crippen molar-refractivity contribution >= 4 is 70.9 Å². The SMILES string of the molecule is CC(=O)N1CCC[C@H]1C(=O)N[C@@H](CCCCN)C(=O)N[C@@H](CC(C)C)C(=O)N[C@@H](CC(C)C)C(=O)N[C@@H](CCC(N)=O)C(=O)N[C@@H](CO)C(=O)N[C@H](C(=O)NCC(=O)N[C@@H](CC(C)C)C(=O)N[C@@H](CO)C(N)=O)C(C)C. The number of likely N-dealkylation sites (tertiary alicyclic amines) is 1. The number of hydrogen-bond donors (Lipinski definition) is 14. The highest BCUT2D eigenvalue weighted by molar-refractivity contribution is 5.98. The minimum Gasteiger partial charge on any atom is -0.394 e. The number of carbonyl (C=O) groups is 12. The van der Waals surface area contributed by atoms with E-state index in [-0.39, 0.29) is 49.3 Å². The standard InChI is InChI=1S/C49H87N13O14/c1-25(2)19-32(44(71)59-35(23-63)41(52)68)54-39(67)22-53-49(76)40(28(7)8)61-47(74)36(24-64)60-43(70)31(15-16-38(51)66)55-45(72)33(20-26(3)4)58-46(73)34(21-27(5)6)57-42(69)30(13-10-11-17-50)56-48(75)37-14-12-18-62(37)29(9)65/h25-28,30-37,40,63-64H,10-24,50H2,1-9H3,(H2,51,66)(H2,52,68)(H,53,76)(H,54,67)(H,55,72)(H,56,75)(H,57,69)(H,58,73)(H,59,71)(H,60,70)(H,61,74)/t30-,31-,32-,33-,34-,35-,36-,37-,40-/m0/s1. The lowest BCUT2D eigenvalue weighted by atomic mass is 9.99. The van der Waals surface area contributed by atoms with E-state index in [9.17, 15) is 67.7 Å². The van der Waals surface area contributed by atoms with Gasteiger partial charge in [-0.1, -0.05) is 55.4 Å². The number of hydrogen-bond acceptors (Lipinski definition) is 15. The van der Waals surface area contributed by atoms with Crippen LogP contribution >= 0.6 is 0 Å². The van der Waals surface area contributed by atoms with Gasteiger partial charge in [-0.3, -0.25) is 57.5 Å². The average molecular weight is 1080 g/mol. The summed E-state index contributed by atoms with van der Waals surface area (Å²) in [4.78, 5) is 159. The number of nitrogens with two attached hydrogens (primary N) is 3. The molecular weight excluding hydrogens is 995 g/mol. The summed E-state index contributed by atoms with van der Waals surface area (Å²) in [5.74, 6) is -10.7. The molecule has 0 radical (unpaired) electrons. The van der Waals surface area contributed by atoms with Crippen LogP contribution in [-0.4, -0.2) is 173 Å². The Labute approximate surface area is 445 Å². The zero-order chi connectivity index (χ0) is 58.0. The molecule has 1 fully saturated rings. The van der Waals surface area contributed by atoms with Crippen LogP contribution < -0.4 is 65.1 Å². The molecule has 27 nitrogen and oxygen atoms in total. The summed E-state index contributed by atoms with van der Waals surface area (Å²) in [7, 11) is 0. The van der Waals surface area contributed by atoms with Crippen molar-refractivity contribution < 1.29 is 67.7 Å². The molecule has 0 spiro atoms. The topological polar surface area (TPSA) is 435 Å². The first-order valence-electron chi connectivity index (χ1n) is 26.0. The van der Waals surface area contributed by atoms with Crippen molar-refractivity contribution in [1.82, 2.24) is 52.8 Å². The molecule has 9 atom stereocenters. The number of nitrogens with one attached hydrogen (secondary N) is 9.